The van der Waals surface area contributed by atoms with Crippen molar-refractivity contribution in [2.24, 2.45) is 0 Å². The number of rotatable bonds is 2. The van der Waals surface area contributed by atoms with Gasteiger partial charge < -0.3 is 0 Å². The van der Waals surface area contributed by atoms with Crippen LogP contribution < -0.4 is 0 Å². The molecule has 0 aliphatic heterocycles. The molecule has 1 unspecified atom stereocenters. The first kappa shape index (κ1) is 6.68. The van der Waals surface area contributed by atoms with Gasteiger partial charge in [0, 0.05) is 12.4 Å². The fourth-order valence-corrected chi connectivity index (χ4v) is 0.781. The first-order valence-corrected chi connectivity index (χ1v) is 3.53. The van der Waals surface area contributed by atoms with Gasteiger partial charge in [0.05, 0.1) is 5.37 Å². The van der Waals surface area contributed by atoms with Crippen LogP contribution in [0.25, 0.3) is 0 Å². The van der Waals surface area contributed by atoms with Gasteiger partial charge in [-0.05, 0) is 12.5 Å². The zero-order valence-electron chi connectivity index (χ0n) is 5.36. The van der Waals surface area contributed by atoms with Crippen molar-refractivity contribution in [1.29, 1.82) is 0 Å². The molecule has 3 heteroatoms. The number of aromatic nitrogens is 2. The van der Waals surface area contributed by atoms with Gasteiger partial charge >= 0.3 is 0 Å². The summed E-state index contributed by atoms with van der Waals surface area (Å²) in [5.41, 5.74) is 0. The summed E-state index contributed by atoms with van der Waals surface area (Å²) >= 11 is 4.29. The van der Waals surface area contributed by atoms with E-state index in [4.69, 9.17) is 0 Å². The maximum absolute atomic E-state index is 4.29. The van der Waals surface area contributed by atoms with Crippen molar-refractivity contribution in [2.45, 2.75) is 18.7 Å². The van der Waals surface area contributed by atoms with Crippen molar-refractivity contribution in [1.82, 2.24) is 9.78 Å². The molecule has 2 nitrogen and oxygen atoms in total. The van der Waals surface area contributed by atoms with Gasteiger partial charge in [-0.1, -0.05) is 6.92 Å². The van der Waals surface area contributed by atoms with E-state index in [1.807, 2.05) is 16.9 Å². The lowest BCUT2D eigenvalue weighted by atomic mass is 10.5. The minimum atomic E-state index is 0.236. The monoisotopic (exact) mass is 142 g/mol. The third kappa shape index (κ3) is 1.48. The van der Waals surface area contributed by atoms with Gasteiger partial charge in [0.15, 0.2) is 0 Å². The molecular weight excluding hydrogens is 132 g/mol. The maximum atomic E-state index is 4.29. The van der Waals surface area contributed by atoms with E-state index in [9.17, 15) is 0 Å². The molecule has 1 atom stereocenters. The second kappa shape index (κ2) is 2.92. The van der Waals surface area contributed by atoms with E-state index in [1.54, 1.807) is 6.20 Å². The maximum Gasteiger partial charge on any atom is 0.0939 e. The molecule has 0 aliphatic carbocycles. The van der Waals surface area contributed by atoms with Crippen molar-refractivity contribution >= 4 is 12.6 Å². The van der Waals surface area contributed by atoms with Gasteiger partial charge in [0.1, 0.15) is 0 Å². The first-order valence-electron chi connectivity index (χ1n) is 3.01. The van der Waals surface area contributed by atoms with E-state index in [0.29, 0.717) is 0 Å². The molecule has 50 valence electrons. The quantitative estimate of drug-likeness (QED) is 0.622. The van der Waals surface area contributed by atoms with E-state index < -0.39 is 0 Å². The van der Waals surface area contributed by atoms with E-state index in [2.05, 4.69) is 24.7 Å². The molecule has 0 spiro atoms. The van der Waals surface area contributed by atoms with Crippen molar-refractivity contribution in [2.75, 3.05) is 0 Å². The predicted octanol–water partition coefficient (Wildman–Crippen LogP) is 1.72. The summed E-state index contributed by atoms with van der Waals surface area (Å²) in [4.78, 5) is 0. The summed E-state index contributed by atoms with van der Waals surface area (Å²) in [6, 6.07) is 1.90. The van der Waals surface area contributed by atoms with Crippen LogP contribution in [0, 0.1) is 0 Å². The van der Waals surface area contributed by atoms with Crippen LogP contribution in [-0.4, -0.2) is 9.78 Å². The van der Waals surface area contributed by atoms with Crippen LogP contribution in [0.4, 0.5) is 0 Å². The normalized spacial score (nSPS) is 13.6. The van der Waals surface area contributed by atoms with Crippen LogP contribution in [0.5, 0.6) is 0 Å². The van der Waals surface area contributed by atoms with Crippen LogP contribution in [0.15, 0.2) is 18.5 Å². The molecule has 1 rings (SSSR count). The van der Waals surface area contributed by atoms with Crippen molar-refractivity contribution < 1.29 is 0 Å². The SMILES string of the molecule is CCC(S)n1cccn1. The summed E-state index contributed by atoms with van der Waals surface area (Å²) < 4.78 is 1.84. The zero-order chi connectivity index (χ0) is 6.69. The first-order chi connectivity index (χ1) is 4.34. The fourth-order valence-electron chi connectivity index (χ4n) is 0.644. The van der Waals surface area contributed by atoms with Gasteiger partial charge in [-0.3, -0.25) is 4.68 Å². The number of hydrogen-bond acceptors (Lipinski definition) is 2. The Hall–Kier alpha value is -0.440. The Labute approximate surface area is 60.3 Å². The lowest BCUT2D eigenvalue weighted by Gasteiger charge is -2.05. The molecule has 1 aromatic rings. The Balaban J connectivity index is 2.65. The molecule has 0 radical (unpaired) electrons. The molecule has 0 bridgehead atoms. The second-order valence-electron chi connectivity index (χ2n) is 1.87. The van der Waals surface area contributed by atoms with E-state index >= 15 is 0 Å². The molecule has 0 aromatic carbocycles. The Morgan fingerprint density at radius 2 is 2.56 bits per heavy atom. The zero-order valence-corrected chi connectivity index (χ0v) is 6.25. The molecule has 1 heterocycles. The Bertz CT molecular complexity index is 160. The average molecular weight is 142 g/mol. The summed E-state index contributed by atoms with van der Waals surface area (Å²) in [5.74, 6) is 0. The van der Waals surface area contributed by atoms with Crippen LogP contribution in [0.1, 0.15) is 18.7 Å². The number of thiol groups is 1. The minimum Gasteiger partial charge on any atom is -0.260 e. The summed E-state index contributed by atoms with van der Waals surface area (Å²) in [7, 11) is 0. The second-order valence-corrected chi connectivity index (χ2v) is 2.47. The molecule has 1 aromatic heterocycles. The standard InChI is InChI=1S/C6H10N2S/c1-2-6(9)8-5-3-4-7-8/h3-6,9H,2H2,1H3. The molecule has 0 amide bonds. The molecule has 0 saturated heterocycles. The van der Waals surface area contributed by atoms with Gasteiger partial charge in [0.25, 0.3) is 0 Å². The number of hydrogen-bond donors (Lipinski definition) is 1. The molecule has 9 heavy (non-hydrogen) atoms. The number of nitrogens with zero attached hydrogens (tertiary/aromatic N) is 2. The van der Waals surface area contributed by atoms with Crippen LogP contribution >= 0.6 is 12.6 Å². The van der Waals surface area contributed by atoms with Gasteiger partial charge in [-0.2, -0.15) is 17.7 Å². The third-order valence-electron chi connectivity index (χ3n) is 1.20. The molecule has 0 N–H and O–H groups in total. The van der Waals surface area contributed by atoms with Crippen molar-refractivity contribution in [3.63, 3.8) is 0 Å². The summed E-state index contributed by atoms with van der Waals surface area (Å²) in [6.07, 6.45) is 4.69. The Morgan fingerprint density at radius 1 is 1.78 bits per heavy atom. The van der Waals surface area contributed by atoms with Gasteiger partial charge in [-0.15, -0.1) is 0 Å². The highest BCUT2D eigenvalue weighted by molar-refractivity contribution is 7.80. The third-order valence-corrected chi connectivity index (χ3v) is 1.80. The molecule has 0 saturated carbocycles. The molecular formula is C6H10N2S. The molecule has 0 fully saturated rings. The van der Waals surface area contributed by atoms with Crippen LogP contribution in [0.3, 0.4) is 0 Å². The summed E-state index contributed by atoms with van der Waals surface area (Å²) in [6.45, 7) is 2.08. The van der Waals surface area contributed by atoms with Gasteiger partial charge in [0.2, 0.25) is 0 Å². The minimum absolute atomic E-state index is 0.236. The Kier molecular flexibility index (Phi) is 2.16. The lowest BCUT2D eigenvalue weighted by Crippen LogP contribution is -2.00. The predicted molar refractivity (Wildman–Crippen MR) is 40.5 cm³/mol. The highest BCUT2D eigenvalue weighted by Crippen LogP contribution is 2.12. The summed E-state index contributed by atoms with van der Waals surface area (Å²) in [5, 5.41) is 4.26. The van der Waals surface area contributed by atoms with Crippen molar-refractivity contribution in [3.05, 3.63) is 18.5 Å². The van der Waals surface area contributed by atoms with Gasteiger partial charge in [-0.25, -0.2) is 0 Å². The lowest BCUT2D eigenvalue weighted by molar-refractivity contribution is 0.589. The van der Waals surface area contributed by atoms with Crippen molar-refractivity contribution in [3.8, 4) is 0 Å². The van der Waals surface area contributed by atoms with E-state index in [1.165, 1.54) is 0 Å². The average Bonchev–Trinajstić information content (AvgIpc) is 2.37. The van der Waals surface area contributed by atoms with Crippen LogP contribution in [0.2, 0.25) is 0 Å². The fraction of sp³-hybridized carbons (Fsp3) is 0.500. The topological polar surface area (TPSA) is 17.8 Å². The highest BCUT2D eigenvalue weighted by Gasteiger charge is 1.98. The largest absolute Gasteiger partial charge is 0.260 e. The van der Waals surface area contributed by atoms with Crippen LogP contribution in [-0.2, 0) is 0 Å². The van der Waals surface area contributed by atoms with E-state index in [0.717, 1.165) is 6.42 Å². The smallest absolute Gasteiger partial charge is 0.0939 e. The van der Waals surface area contributed by atoms with E-state index in [-0.39, 0.29) is 5.37 Å². The highest BCUT2D eigenvalue weighted by atomic mass is 32.1. The Morgan fingerprint density at radius 3 is 3.00 bits per heavy atom. The molecule has 0 aliphatic rings.